The minimum atomic E-state index is -3.45. The first-order chi connectivity index (χ1) is 14.3. The van der Waals surface area contributed by atoms with Gasteiger partial charge in [-0.05, 0) is 55.7 Å². The number of carbonyl (C=O) groups excluding carboxylic acids is 1. The molecule has 0 amide bonds. The topological polar surface area (TPSA) is 63.7 Å². The molecule has 1 unspecified atom stereocenters. The number of nitrogens with zero attached hydrogens (tertiary/aromatic N) is 1. The lowest BCUT2D eigenvalue weighted by molar-refractivity contribution is -0.150. The van der Waals surface area contributed by atoms with Crippen molar-refractivity contribution in [2.45, 2.75) is 42.9 Å². The molecule has 1 saturated heterocycles. The largest absolute Gasteiger partial charge is 0.465 e. The third-order valence-corrected chi connectivity index (χ3v) is 9.12. The van der Waals surface area contributed by atoms with Crippen LogP contribution in [0.4, 0.5) is 4.39 Å². The van der Waals surface area contributed by atoms with Crippen LogP contribution in [0.5, 0.6) is 0 Å². The van der Waals surface area contributed by atoms with Crippen LogP contribution in [0.1, 0.15) is 36.9 Å². The maximum Gasteiger partial charge on any atom is 0.328 e. The van der Waals surface area contributed by atoms with Crippen molar-refractivity contribution in [2.75, 3.05) is 19.7 Å². The second kappa shape index (κ2) is 9.94. The van der Waals surface area contributed by atoms with Crippen LogP contribution in [0.2, 0.25) is 0 Å². The molecule has 1 heterocycles. The number of hydrogen-bond donors (Lipinski definition) is 0. The number of rotatable bonds is 7. The van der Waals surface area contributed by atoms with Gasteiger partial charge in [0.2, 0.25) is 8.87 Å². The molecule has 0 aromatic heterocycles. The van der Waals surface area contributed by atoms with Gasteiger partial charge in [-0.15, -0.1) is 0 Å². The number of benzene rings is 2. The number of likely N-dealkylation sites (tertiary alicyclic amines) is 1. The minimum Gasteiger partial charge on any atom is -0.465 e. The minimum absolute atomic E-state index is 0.0870. The highest BCUT2D eigenvalue weighted by atomic mass is 33.1. The van der Waals surface area contributed by atoms with Gasteiger partial charge in [-0.25, -0.2) is 17.6 Å². The van der Waals surface area contributed by atoms with Crippen LogP contribution in [0.15, 0.2) is 53.4 Å². The Bertz CT molecular complexity index is 971. The van der Waals surface area contributed by atoms with Gasteiger partial charge in [-0.1, -0.05) is 35.9 Å². The Balaban J connectivity index is 1.70. The third kappa shape index (κ3) is 5.42. The maximum atomic E-state index is 14.4. The Morgan fingerprint density at radius 2 is 1.80 bits per heavy atom. The number of hydrogen-bond acceptors (Lipinski definition) is 6. The fourth-order valence-corrected chi connectivity index (χ4v) is 7.22. The number of ether oxygens (including phenoxy) is 1. The number of aryl methyl sites for hydroxylation is 1. The van der Waals surface area contributed by atoms with E-state index in [-0.39, 0.29) is 17.4 Å². The SMILES string of the molecule is CCOC(=O)C(c1ccccc1F)N1CCC(SS(=O)(=O)c2ccc(C)cc2)CC1. The molecule has 5 nitrogen and oxygen atoms in total. The molecule has 162 valence electrons. The lowest BCUT2D eigenvalue weighted by Gasteiger charge is -2.36. The molecule has 0 radical (unpaired) electrons. The van der Waals surface area contributed by atoms with E-state index < -0.39 is 26.7 Å². The van der Waals surface area contributed by atoms with Gasteiger partial charge in [0.05, 0.1) is 11.5 Å². The quantitative estimate of drug-likeness (QED) is 0.461. The van der Waals surface area contributed by atoms with Gasteiger partial charge < -0.3 is 4.74 Å². The summed E-state index contributed by atoms with van der Waals surface area (Å²) in [4.78, 5) is 14.8. The summed E-state index contributed by atoms with van der Waals surface area (Å²) < 4.78 is 45.0. The zero-order valence-corrected chi connectivity index (χ0v) is 18.7. The molecule has 0 saturated carbocycles. The van der Waals surface area contributed by atoms with Crippen LogP contribution >= 0.6 is 10.8 Å². The molecule has 1 atom stereocenters. The smallest absolute Gasteiger partial charge is 0.328 e. The number of carbonyl (C=O) groups is 1. The summed E-state index contributed by atoms with van der Waals surface area (Å²) in [5, 5.41) is -0.0870. The Morgan fingerprint density at radius 1 is 1.17 bits per heavy atom. The molecule has 0 spiro atoms. The Labute approximate surface area is 180 Å². The Kier molecular flexibility index (Phi) is 7.55. The van der Waals surface area contributed by atoms with E-state index in [0.717, 1.165) is 16.4 Å². The molecule has 0 N–H and O–H groups in total. The van der Waals surface area contributed by atoms with E-state index in [0.29, 0.717) is 30.8 Å². The molecule has 8 heteroatoms. The van der Waals surface area contributed by atoms with Gasteiger partial charge in [0, 0.05) is 23.9 Å². The Morgan fingerprint density at radius 3 is 2.40 bits per heavy atom. The zero-order chi connectivity index (χ0) is 21.7. The van der Waals surface area contributed by atoms with Crippen LogP contribution < -0.4 is 0 Å². The maximum absolute atomic E-state index is 14.4. The standard InChI is InChI=1S/C22H26FNO4S2/c1-3-28-22(25)21(19-6-4-5-7-20(19)23)24-14-12-17(13-15-24)29-30(26,27)18-10-8-16(2)9-11-18/h4-11,17,21H,3,12-15H2,1-2H3. The highest BCUT2D eigenvalue weighted by molar-refractivity contribution is 8.72. The van der Waals surface area contributed by atoms with E-state index >= 15 is 0 Å². The van der Waals surface area contributed by atoms with Crippen LogP contribution in [0.3, 0.4) is 0 Å². The van der Waals surface area contributed by atoms with Crippen molar-refractivity contribution in [3.8, 4) is 0 Å². The highest BCUT2D eigenvalue weighted by Gasteiger charge is 2.35. The lowest BCUT2D eigenvalue weighted by Crippen LogP contribution is -2.42. The fraction of sp³-hybridized carbons (Fsp3) is 0.409. The van der Waals surface area contributed by atoms with E-state index in [1.165, 1.54) is 6.07 Å². The van der Waals surface area contributed by atoms with Gasteiger partial charge in [0.1, 0.15) is 11.9 Å². The van der Waals surface area contributed by atoms with Crippen molar-refractivity contribution in [3.05, 3.63) is 65.5 Å². The highest BCUT2D eigenvalue weighted by Crippen LogP contribution is 2.35. The van der Waals surface area contributed by atoms with Crippen LogP contribution in [-0.4, -0.2) is 44.2 Å². The van der Waals surface area contributed by atoms with Crippen molar-refractivity contribution in [3.63, 3.8) is 0 Å². The van der Waals surface area contributed by atoms with E-state index in [1.54, 1.807) is 49.4 Å². The summed E-state index contributed by atoms with van der Waals surface area (Å²) in [7, 11) is -2.48. The van der Waals surface area contributed by atoms with Crippen molar-refractivity contribution in [1.29, 1.82) is 0 Å². The van der Waals surface area contributed by atoms with E-state index in [1.807, 2.05) is 11.8 Å². The second-order valence-electron chi connectivity index (χ2n) is 7.27. The summed E-state index contributed by atoms with van der Waals surface area (Å²) in [5.74, 6) is -0.935. The molecule has 1 fully saturated rings. The Hall–Kier alpha value is -1.90. The van der Waals surface area contributed by atoms with E-state index in [9.17, 15) is 17.6 Å². The summed E-state index contributed by atoms with van der Waals surface area (Å²) in [6, 6.07) is 12.2. The molecule has 0 bridgehead atoms. The molecule has 2 aromatic rings. The molecular weight excluding hydrogens is 425 g/mol. The monoisotopic (exact) mass is 451 g/mol. The lowest BCUT2D eigenvalue weighted by atomic mass is 10.0. The van der Waals surface area contributed by atoms with Crippen molar-refractivity contribution < 1.29 is 22.3 Å². The van der Waals surface area contributed by atoms with Gasteiger partial charge in [-0.3, -0.25) is 4.90 Å². The first-order valence-electron chi connectivity index (χ1n) is 9.97. The average molecular weight is 452 g/mol. The van der Waals surface area contributed by atoms with Crippen LogP contribution in [0, 0.1) is 12.7 Å². The zero-order valence-electron chi connectivity index (χ0n) is 17.1. The van der Waals surface area contributed by atoms with Gasteiger partial charge >= 0.3 is 5.97 Å². The van der Waals surface area contributed by atoms with Crippen molar-refractivity contribution in [1.82, 2.24) is 4.90 Å². The van der Waals surface area contributed by atoms with Crippen molar-refractivity contribution in [2.24, 2.45) is 0 Å². The normalized spacial score (nSPS) is 16.9. The summed E-state index contributed by atoms with van der Waals surface area (Å²) in [6.45, 7) is 4.81. The number of esters is 1. The molecule has 1 aliphatic heterocycles. The average Bonchev–Trinajstić information content (AvgIpc) is 2.71. The van der Waals surface area contributed by atoms with Gasteiger partial charge in [-0.2, -0.15) is 0 Å². The van der Waals surface area contributed by atoms with E-state index in [2.05, 4.69) is 0 Å². The first kappa shape index (κ1) is 22.8. The predicted octanol–water partition coefficient (Wildman–Crippen LogP) is 4.32. The summed E-state index contributed by atoms with van der Waals surface area (Å²) in [5.41, 5.74) is 1.29. The predicted molar refractivity (Wildman–Crippen MR) is 116 cm³/mol. The van der Waals surface area contributed by atoms with Crippen molar-refractivity contribution >= 4 is 25.6 Å². The number of piperidine rings is 1. The van der Waals surface area contributed by atoms with Crippen LogP contribution in [0.25, 0.3) is 0 Å². The third-order valence-electron chi connectivity index (χ3n) is 5.12. The molecule has 2 aromatic carbocycles. The molecule has 3 rings (SSSR count). The molecular formula is C22H26FNO4S2. The first-order valence-corrected chi connectivity index (χ1v) is 12.8. The molecule has 0 aliphatic carbocycles. The van der Waals surface area contributed by atoms with Gasteiger partial charge in [0.25, 0.3) is 0 Å². The van der Waals surface area contributed by atoms with Gasteiger partial charge in [0.15, 0.2) is 0 Å². The summed E-state index contributed by atoms with van der Waals surface area (Å²) in [6.07, 6.45) is 1.17. The van der Waals surface area contributed by atoms with Crippen LogP contribution in [-0.2, 0) is 18.4 Å². The molecule has 1 aliphatic rings. The fourth-order valence-electron chi connectivity index (χ4n) is 3.56. The summed E-state index contributed by atoms with van der Waals surface area (Å²) >= 11 is 0. The molecule has 30 heavy (non-hydrogen) atoms. The number of halogens is 1. The second-order valence-corrected chi connectivity index (χ2v) is 11.4. The van der Waals surface area contributed by atoms with E-state index in [4.69, 9.17) is 4.74 Å².